The van der Waals surface area contributed by atoms with Crippen LogP contribution in [0.15, 0.2) is 72.0 Å². The first-order chi connectivity index (χ1) is 14.2. The smallest absolute Gasteiger partial charge is 0.868 e. The molecule has 10 nitrogen and oxygen atoms in total. The molecular weight excluding hydrogens is 442 g/mol. The Kier molecular flexibility index (Phi) is 9.70. The van der Waals surface area contributed by atoms with Gasteiger partial charge < -0.3 is 15.0 Å². The number of hydrogen-bond donors (Lipinski definition) is 0. The van der Waals surface area contributed by atoms with Crippen molar-refractivity contribution in [3.05, 3.63) is 109 Å². The van der Waals surface area contributed by atoms with Gasteiger partial charge in [0.2, 0.25) is 0 Å². The number of hydrogen-bond acceptors (Lipinski definition) is 8. The second-order valence-corrected chi connectivity index (χ2v) is 6.09. The molecular formula is C20H10N2Na2O8. The van der Waals surface area contributed by atoms with Gasteiger partial charge in [-0.25, -0.2) is 0 Å². The Balaban J connectivity index is 0.00000256. The van der Waals surface area contributed by atoms with Gasteiger partial charge in [0.1, 0.15) is 0 Å². The number of nitrogens with zero attached hydrogens (tertiary/aromatic N) is 2. The van der Waals surface area contributed by atoms with Crippen LogP contribution < -0.4 is 69.3 Å². The Morgan fingerprint density at radius 1 is 0.875 bits per heavy atom. The first-order valence-electron chi connectivity index (χ1n) is 8.30. The molecule has 0 spiro atoms. The number of carbonyl (C=O) groups is 2. The minimum Gasteiger partial charge on any atom is -0.868 e. The first kappa shape index (κ1) is 27.4. The molecule has 150 valence electrons. The Hall–Kier alpha value is -2.60. The summed E-state index contributed by atoms with van der Waals surface area (Å²) in [5, 5.41) is 45.8. The van der Waals surface area contributed by atoms with Gasteiger partial charge in [-0.05, 0) is 40.2 Å². The van der Waals surface area contributed by atoms with Gasteiger partial charge in [0, 0.05) is 17.7 Å². The van der Waals surface area contributed by atoms with Crippen LogP contribution in [-0.4, -0.2) is 21.6 Å². The van der Waals surface area contributed by atoms with E-state index in [1.807, 2.05) is 0 Å². The monoisotopic (exact) mass is 452 g/mol. The van der Waals surface area contributed by atoms with Crippen molar-refractivity contribution < 1.29 is 88.8 Å². The molecule has 0 N–H and O–H groups in total. The predicted molar refractivity (Wildman–Crippen MR) is 98.6 cm³/mol. The van der Waals surface area contributed by atoms with Crippen LogP contribution >= 0.6 is 0 Å². The summed E-state index contributed by atoms with van der Waals surface area (Å²) < 4.78 is 0. The number of nitro groups is 2. The largest absolute Gasteiger partial charge is 1.00 e. The number of benzene rings is 2. The summed E-state index contributed by atoms with van der Waals surface area (Å²) in [4.78, 5) is 44.0. The maximum Gasteiger partial charge on any atom is 1.00 e. The van der Waals surface area contributed by atoms with Crippen molar-refractivity contribution in [2.75, 3.05) is 0 Å². The fourth-order valence-electron chi connectivity index (χ4n) is 2.99. The van der Waals surface area contributed by atoms with Crippen LogP contribution in [0.3, 0.4) is 0 Å². The van der Waals surface area contributed by atoms with E-state index in [1.165, 1.54) is 36.4 Å². The summed E-state index contributed by atoms with van der Waals surface area (Å²) in [5.74, 6) is -3.28. The maximum absolute atomic E-state index is 11.8. The first-order valence-corrected chi connectivity index (χ1v) is 8.30. The maximum atomic E-state index is 11.8. The molecule has 0 radical (unpaired) electrons. The second kappa shape index (κ2) is 11.3. The zero-order valence-electron chi connectivity index (χ0n) is 16.9. The molecule has 12 heteroatoms. The minimum atomic E-state index is -1.55. The molecule has 0 aromatic heterocycles. The molecule has 0 fully saturated rings. The van der Waals surface area contributed by atoms with Gasteiger partial charge in [0.05, 0.1) is 15.8 Å². The Morgan fingerprint density at radius 2 is 1.50 bits per heavy atom. The summed E-state index contributed by atoms with van der Waals surface area (Å²) in [7, 11) is 0. The van der Waals surface area contributed by atoms with Crippen molar-refractivity contribution in [1.82, 2.24) is 0 Å². The Morgan fingerprint density at radius 3 is 2.06 bits per heavy atom. The molecule has 0 unspecified atom stereocenters. The number of allylic oxidation sites excluding steroid dienone is 4. The van der Waals surface area contributed by atoms with E-state index < -0.39 is 38.7 Å². The van der Waals surface area contributed by atoms with E-state index in [0.29, 0.717) is 0 Å². The van der Waals surface area contributed by atoms with Crippen molar-refractivity contribution in [2.45, 2.75) is 0 Å². The molecule has 2 aromatic rings. The summed E-state index contributed by atoms with van der Waals surface area (Å²) in [5.41, 5.74) is -1.60. The van der Waals surface area contributed by atoms with E-state index in [-0.39, 0.29) is 87.0 Å². The van der Waals surface area contributed by atoms with Crippen LogP contribution in [0.4, 0.5) is 5.69 Å². The molecule has 1 aliphatic carbocycles. The van der Waals surface area contributed by atoms with E-state index in [0.717, 1.165) is 24.3 Å². The zero-order chi connectivity index (χ0) is 22.0. The van der Waals surface area contributed by atoms with Crippen molar-refractivity contribution in [1.29, 1.82) is 0 Å². The van der Waals surface area contributed by atoms with Crippen LogP contribution in [0.1, 0.15) is 21.5 Å². The van der Waals surface area contributed by atoms with Crippen molar-refractivity contribution in [3.63, 3.8) is 0 Å². The predicted octanol–water partition coefficient (Wildman–Crippen LogP) is -4.86. The average molecular weight is 452 g/mol. The minimum absolute atomic E-state index is 0. The SMILES string of the molecule is O=C1C=C/C(=C(\c2ccc([O-])c([N+](=O)[O-])c2)c2ccccc2C(=O)[O-])C=C1[N+](=O)[O-].[Na+].[Na+]. The molecule has 3 rings (SSSR count). The third-order valence-electron chi connectivity index (χ3n) is 4.30. The Bertz CT molecular complexity index is 1220. The van der Waals surface area contributed by atoms with Gasteiger partial charge in [0.25, 0.3) is 11.5 Å². The van der Waals surface area contributed by atoms with Crippen LogP contribution in [-0.2, 0) is 4.79 Å². The van der Waals surface area contributed by atoms with Gasteiger partial charge in [-0.3, -0.25) is 25.0 Å². The summed E-state index contributed by atoms with van der Waals surface area (Å²) in [6, 6.07) is 8.65. The molecule has 32 heavy (non-hydrogen) atoms. The van der Waals surface area contributed by atoms with Crippen LogP contribution in [0.25, 0.3) is 5.57 Å². The number of carboxylic acid groups (broad SMARTS) is 1. The van der Waals surface area contributed by atoms with Crippen molar-refractivity contribution in [2.24, 2.45) is 0 Å². The molecule has 2 aromatic carbocycles. The van der Waals surface area contributed by atoms with E-state index >= 15 is 0 Å². The van der Waals surface area contributed by atoms with Crippen LogP contribution in [0.2, 0.25) is 0 Å². The fourth-order valence-corrected chi connectivity index (χ4v) is 2.99. The molecule has 0 saturated carbocycles. The number of carboxylic acids is 1. The average Bonchev–Trinajstić information content (AvgIpc) is 2.70. The number of nitro benzene ring substituents is 1. The van der Waals surface area contributed by atoms with Gasteiger partial charge in [-0.1, -0.05) is 36.4 Å². The fraction of sp³-hybridized carbons (Fsp3) is 0. The summed E-state index contributed by atoms with van der Waals surface area (Å²) in [6.45, 7) is 0. The Labute approximate surface area is 224 Å². The standard InChI is InChI=1S/C20H12N2O8.2Na/c23-17-7-5-11(9-15(17)21(27)28)19(13-3-1-2-4-14(13)20(25)26)12-6-8-18(24)16(10-12)22(29)30;;/h1-10,23H,(H,25,26);;/q;2*+1/p-2/b19-12-;;. The van der Waals surface area contributed by atoms with E-state index in [9.17, 15) is 40.0 Å². The third-order valence-corrected chi connectivity index (χ3v) is 4.30. The topological polar surface area (TPSA) is 167 Å². The van der Waals surface area contributed by atoms with Crippen molar-refractivity contribution >= 4 is 23.0 Å². The second-order valence-electron chi connectivity index (χ2n) is 6.09. The van der Waals surface area contributed by atoms with Gasteiger partial charge >= 0.3 is 64.8 Å². The van der Waals surface area contributed by atoms with Gasteiger partial charge in [0.15, 0.2) is 0 Å². The number of aromatic carboxylic acids is 1. The quantitative estimate of drug-likeness (QED) is 0.247. The number of carbonyl (C=O) groups excluding carboxylic acids is 2. The van der Waals surface area contributed by atoms with Gasteiger partial charge in [-0.15, -0.1) is 0 Å². The molecule has 0 aliphatic heterocycles. The van der Waals surface area contributed by atoms with Crippen molar-refractivity contribution in [3.8, 4) is 5.75 Å². The van der Waals surface area contributed by atoms with E-state index in [1.54, 1.807) is 0 Å². The van der Waals surface area contributed by atoms with E-state index in [2.05, 4.69) is 0 Å². The number of ketones is 1. The summed E-state index contributed by atoms with van der Waals surface area (Å²) >= 11 is 0. The molecule has 0 atom stereocenters. The summed E-state index contributed by atoms with van der Waals surface area (Å²) in [6.07, 6.45) is 3.11. The molecule has 0 bridgehead atoms. The third kappa shape index (κ3) is 5.60. The van der Waals surface area contributed by atoms with E-state index in [4.69, 9.17) is 0 Å². The molecule has 0 heterocycles. The molecule has 1 aliphatic rings. The zero-order valence-corrected chi connectivity index (χ0v) is 20.9. The van der Waals surface area contributed by atoms with Crippen LogP contribution in [0.5, 0.6) is 5.75 Å². The molecule has 0 amide bonds. The number of rotatable bonds is 5. The van der Waals surface area contributed by atoms with Crippen LogP contribution in [0, 0.1) is 20.2 Å². The molecule has 0 saturated heterocycles. The van der Waals surface area contributed by atoms with Gasteiger partial charge in [-0.2, -0.15) is 0 Å². The normalized spacial score (nSPS) is 13.9.